The number of thioether (sulfide) groups is 1. The van der Waals surface area contributed by atoms with Gasteiger partial charge in [-0.1, -0.05) is 0 Å². The third kappa shape index (κ3) is 4.72. The van der Waals surface area contributed by atoms with Crippen molar-refractivity contribution < 1.29 is 9.59 Å². The monoisotopic (exact) mass is 422 g/mol. The smallest absolute Gasteiger partial charge is 0.255 e. The number of fused-ring (bicyclic) bond motifs is 1. The molecule has 1 unspecified atom stereocenters. The van der Waals surface area contributed by atoms with Crippen molar-refractivity contribution in [2.75, 3.05) is 15.4 Å². The van der Waals surface area contributed by atoms with Crippen LogP contribution in [0.3, 0.4) is 0 Å². The summed E-state index contributed by atoms with van der Waals surface area (Å²) in [7, 11) is 0. The minimum Gasteiger partial charge on any atom is -0.324 e. The zero-order chi connectivity index (χ0) is 20.2. The van der Waals surface area contributed by atoms with Crippen LogP contribution in [-0.4, -0.2) is 22.0 Å². The fourth-order valence-corrected chi connectivity index (χ4v) is 4.26. The molecular formula is C21H18N4O2S2. The predicted molar refractivity (Wildman–Crippen MR) is 119 cm³/mol. The van der Waals surface area contributed by atoms with E-state index >= 15 is 0 Å². The Morgan fingerprint density at radius 1 is 1.14 bits per heavy atom. The Morgan fingerprint density at radius 3 is 2.72 bits per heavy atom. The molecule has 0 radical (unpaired) electrons. The summed E-state index contributed by atoms with van der Waals surface area (Å²) in [6.45, 7) is 1.86. The van der Waals surface area contributed by atoms with Gasteiger partial charge in [0.25, 0.3) is 5.91 Å². The van der Waals surface area contributed by atoms with Crippen molar-refractivity contribution in [1.82, 2.24) is 4.98 Å². The zero-order valence-corrected chi connectivity index (χ0v) is 17.1. The molecule has 4 rings (SSSR count). The molecule has 1 aliphatic heterocycles. The number of nitrogens with zero attached hydrogens (tertiary/aromatic N) is 1. The van der Waals surface area contributed by atoms with Crippen LogP contribution in [0.4, 0.5) is 17.1 Å². The van der Waals surface area contributed by atoms with Crippen molar-refractivity contribution in [3.8, 4) is 0 Å². The van der Waals surface area contributed by atoms with E-state index in [1.54, 1.807) is 24.5 Å². The Kier molecular flexibility index (Phi) is 5.73. The lowest BCUT2D eigenvalue weighted by Crippen LogP contribution is -2.26. The molecule has 1 aliphatic rings. The number of amides is 2. The number of carbonyl (C=O) groups excluding carboxylic acids is 2. The Morgan fingerprint density at radius 2 is 1.97 bits per heavy atom. The number of aromatic nitrogens is 1. The molecule has 0 saturated heterocycles. The molecule has 2 amide bonds. The Labute approximate surface area is 177 Å². The van der Waals surface area contributed by atoms with Crippen molar-refractivity contribution in [2.24, 2.45) is 0 Å². The number of benzene rings is 2. The molecule has 0 aliphatic carbocycles. The summed E-state index contributed by atoms with van der Waals surface area (Å²) in [4.78, 5) is 30.5. The molecule has 0 saturated carbocycles. The van der Waals surface area contributed by atoms with Crippen molar-refractivity contribution in [2.45, 2.75) is 22.0 Å². The Bertz CT molecular complexity index is 1040. The molecular weight excluding hydrogens is 404 g/mol. The van der Waals surface area contributed by atoms with Crippen LogP contribution in [0.15, 0.2) is 76.8 Å². The third-order valence-corrected chi connectivity index (χ3v) is 6.26. The molecule has 0 bridgehead atoms. The highest BCUT2D eigenvalue weighted by Gasteiger charge is 2.23. The molecule has 0 fully saturated rings. The van der Waals surface area contributed by atoms with Crippen LogP contribution in [0, 0.1) is 0 Å². The maximum absolute atomic E-state index is 12.6. The van der Waals surface area contributed by atoms with Crippen LogP contribution in [0.5, 0.6) is 0 Å². The van der Waals surface area contributed by atoms with E-state index in [2.05, 4.69) is 20.3 Å². The van der Waals surface area contributed by atoms with Crippen LogP contribution in [0.25, 0.3) is 0 Å². The van der Waals surface area contributed by atoms with E-state index in [1.807, 2.05) is 49.4 Å². The predicted octanol–water partition coefficient (Wildman–Crippen LogP) is 4.89. The number of carbonyl (C=O) groups is 2. The van der Waals surface area contributed by atoms with Gasteiger partial charge in [0.05, 0.1) is 22.8 Å². The van der Waals surface area contributed by atoms with Gasteiger partial charge in [0, 0.05) is 27.2 Å². The molecule has 3 N–H and O–H groups in total. The van der Waals surface area contributed by atoms with E-state index in [0.29, 0.717) is 16.9 Å². The Hall–Kier alpha value is -2.97. The van der Waals surface area contributed by atoms with E-state index in [0.717, 1.165) is 15.5 Å². The number of hydrogen-bond donors (Lipinski definition) is 3. The van der Waals surface area contributed by atoms with Crippen LogP contribution in [0.2, 0.25) is 0 Å². The summed E-state index contributed by atoms with van der Waals surface area (Å²) in [5.74, 6) is -0.271. The molecule has 8 heteroatoms. The van der Waals surface area contributed by atoms with Gasteiger partial charge in [-0.15, -0.1) is 11.8 Å². The standard InChI is InChI=1S/C21H18N4O2S2/c1-13-20(26)24-18-11-14(4-9-19(18)28-13)21(27)23-15-5-7-17(8-6-15)29-25-16-3-2-10-22-12-16/h2-13,25H,1H3,(H,23,27)(H,24,26). The van der Waals surface area contributed by atoms with Crippen LogP contribution in [0.1, 0.15) is 17.3 Å². The van der Waals surface area contributed by atoms with Gasteiger partial charge in [-0.25, -0.2) is 0 Å². The molecule has 146 valence electrons. The van der Waals surface area contributed by atoms with Crippen LogP contribution >= 0.6 is 23.7 Å². The first-order valence-corrected chi connectivity index (χ1v) is 10.6. The maximum atomic E-state index is 12.6. The van der Waals surface area contributed by atoms with Gasteiger partial charge in [0.1, 0.15) is 0 Å². The number of hydrogen-bond acceptors (Lipinski definition) is 6. The second-order valence-electron chi connectivity index (χ2n) is 6.38. The lowest BCUT2D eigenvalue weighted by Gasteiger charge is -2.21. The lowest BCUT2D eigenvalue weighted by molar-refractivity contribution is -0.115. The van der Waals surface area contributed by atoms with E-state index < -0.39 is 0 Å². The van der Waals surface area contributed by atoms with Crippen LogP contribution in [-0.2, 0) is 4.79 Å². The first kappa shape index (κ1) is 19.4. The van der Waals surface area contributed by atoms with Gasteiger partial charge in [-0.3, -0.25) is 14.6 Å². The molecule has 2 aromatic carbocycles. The summed E-state index contributed by atoms with van der Waals surface area (Å²) in [6, 6.07) is 16.7. The van der Waals surface area contributed by atoms with E-state index in [-0.39, 0.29) is 17.1 Å². The minimum atomic E-state index is -0.223. The molecule has 1 aromatic heterocycles. The lowest BCUT2D eigenvalue weighted by atomic mass is 10.1. The fraction of sp³-hybridized carbons (Fsp3) is 0.0952. The molecule has 29 heavy (non-hydrogen) atoms. The van der Waals surface area contributed by atoms with Gasteiger partial charge < -0.3 is 15.4 Å². The molecule has 3 aromatic rings. The third-order valence-electron chi connectivity index (χ3n) is 4.23. The van der Waals surface area contributed by atoms with Crippen LogP contribution < -0.4 is 15.4 Å². The number of rotatable bonds is 5. The highest BCUT2D eigenvalue weighted by atomic mass is 32.2. The summed E-state index contributed by atoms with van der Waals surface area (Å²) >= 11 is 2.96. The summed E-state index contributed by atoms with van der Waals surface area (Å²) < 4.78 is 3.21. The van der Waals surface area contributed by atoms with Gasteiger partial charge in [-0.2, -0.15) is 0 Å². The summed E-state index contributed by atoms with van der Waals surface area (Å²) in [6.07, 6.45) is 3.48. The molecule has 1 atom stereocenters. The van der Waals surface area contributed by atoms with Gasteiger partial charge in [0.15, 0.2) is 0 Å². The highest BCUT2D eigenvalue weighted by molar-refractivity contribution is 8.01. The topological polar surface area (TPSA) is 83.1 Å². The largest absolute Gasteiger partial charge is 0.324 e. The van der Waals surface area contributed by atoms with Crippen molar-refractivity contribution >= 4 is 52.6 Å². The van der Waals surface area contributed by atoms with Gasteiger partial charge in [0.2, 0.25) is 5.91 Å². The average Bonchev–Trinajstić information content (AvgIpc) is 2.74. The van der Waals surface area contributed by atoms with E-state index in [4.69, 9.17) is 0 Å². The van der Waals surface area contributed by atoms with E-state index in [9.17, 15) is 9.59 Å². The normalized spacial score (nSPS) is 15.2. The number of pyridine rings is 1. The Balaban J connectivity index is 1.38. The van der Waals surface area contributed by atoms with Gasteiger partial charge in [-0.05, 0) is 73.5 Å². The summed E-state index contributed by atoms with van der Waals surface area (Å²) in [5, 5.41) is 5.60. The second-order valence-corrected chi connectivity index (χ2v) is 8.65. The SMILES string of the molecule is CC1Sc2ccc(C(=O)Nc3ccc(SNc4cccnc4)cc3)cc2NC1=O. The minimum absolute atomic E-state index is 0.0481. The highest BCUT2D eigenvalue weighted by Crippen LogP contribution is 2.36. The van der Waals surface area contributed by atoms with Gasteiger partial charge >= 0.3 is 0 Å². The zero-order valence-electron chi connectivity index (χ0n) is 15.5. The molecule has 2 heterocycles. The number of nitrogens with one attached hydrogen (secondary N) is 3. The van der Waals surface area contributed by atoms with Crippen molar-refractivity contribution in [3.05, 3.63) is 72.6 Å². The maximum Gasteiger partial charge on any atom is 0.255 e. The second kappa shape index (κ2) is 8.59. The van der Waals surface area contributed by atoms with Crippen molar-refractivity contribution in [3.63, 3.8) is 0 Å². The first-order valence-electron chi connectivity index (χ1n) is 8.94. The van der Waals surface area contributed by atoms with E-state index in [1.165, 1.54) is 23.7 Å². The van der Waals surface area contributed by atoms with Crippen molar-refractivity contribution in [1.29, 1.82) is 0 Å². The first-order chi connectivity index (χ1) is 14.1. The summed E-state index contributed by atoms with van der Waals surface area (Å²) in [5.41, 5.74) is 2.79. The molecule has 6 nitrogen and oxygen atoms in total. The number of anilines is 3. The average molecular weight is 423 g/mol. The fourth-order valence-electron chi connectivity index (χ4n) is 2.70. The quantitative estimate of drug-likeness (QED) is 0.508. The molecule has 0 spiro atoms.